The predicted molar refractivity (Wildman–Crippen MR) is 61.2 cm³/mol. The Morgan fingerprint density at radius 2 is 2.07 bits per heavy atom. The van der Waals surface area contributed by atoms with E-state index in [0.29, 0.717) is 12.2 Å². The van der Waals surface area contributed by atoms with Gasteiger partial charge >= 0.3 is 5.97 Å². The van der Waals surface area contributed by atoms with Crippen LogP contribution in [0.15, 0.2) is 30.3 Å². The summed E-state index contributed by atoms with van der Waals surface area (Å²) in [6, 6.07) is 8.98. The van der Waals surface area contributed by atoms with E-state index in [9.17, 15) is 4.79 Å². The Hall–Kier alpha value is -1.02. The van der Waals surface area contributed by atoms with Gasteiger partial charge in [0, 0.05) is 0 Å². The summed E-state index contributed by atoms with van der Waals surface area (Å²) in [4.78, 5) is 11.5. The van der Waals surface area contributed by atoms with E-state index in [2.05, 4.69) is 6.92 Å². The highest BCUT2D eigenvalue weighted by Crippen LogP contribution is 2.14. The zero-order valence-corrected chi connectivity index (χ0v) is 9.54. The number of carbonyl (C=O) groups is 1. The number of carbonyl (C=O) groups excluding carboxylic acids is 1. The van der Waals surface area contributed by atoms with Gasteiger partial charge in [0.15, 0.2) is 0 Å². The van der Waals surface area contributed by atoms with Crippen molar-refractivity contribution < 1.29 is 9.53 Å². The van der Waals surface area contributed by atoms with Crippen molar-refractivity contribution in [1.29, 1.82) is 0 Å². The first kappa shape index (κ1) is 12.1. The van der Waals surface area contributed by atoms with Crippen molar-refractivity contribution in [1.82, 2.24) is 0 Å². The second-order valence-electron chi connectivity index (χ2n) is 3.34. The van der Waals surface area contributed by atoms with Crippen LogP contribution in [-0.4, -0.2) is 11.3 Å². The first-order valence-corrected chi connectivity index (χ1v) is 5.58. The van der Waals surface area contributed by atoms with Crippen LogP contribution in [0.25, 0.3) is 0 Å². The third-order valence-corrected chi connectivity index (χ3v) is 2.42. The van der Waals surface area contributed by atoms with Crippen LogP contribution in [0, 0.1) is 0 Å². The Bertz CT molecular complexity index is 298. The molecule has 0 aliphatic carbocycles. The van der Waals surface area contributed by atoms with Crippen molar-refractivity contribution >= 4 is 17.6 Å². The maximum absolute atomic E-state index is 11.5. The monoisotopic (exact) mass is 226 g/mol. The lowest BCUT2D eigenvalue weighted by Crippen LogP contribution is -2.20. The van der Waals surface area contributed by atoms with Gasteiger partial charge in [0.05, 0.1) is 0 Å². The molecule has 0 radical (unpaired) electrons. The fraction of sp³-hybridized carbons (Fsp3) is 0.417. The number of esters is 1. The van der Waals surface area contributed by atoms with Crippen LogP contribution in [0.1, 0.15) is 26.2 Å². The lowest BCUT2D eigenvalue weighted by molar-refractivity contribution is -0.134. The summed E-state index contributed by atoms with van der Waals surface area (Å²) in [5, 5.41) is -0.537. The number of ether oxygens (including phenoxy) is 1. The van der Waals surface area contributed by atoms with Crippen LogP contribution < -0.4 is 4.74 Å². The largest absolute Gasteiger partial charge is 0.425 e. The molecule has 0 aliphatic heterocycles. The van der Waals surface area contributed by atoms with Gasteiger partial charge in [-0.15, -0.1) is 11.6 Å². The van der Waals surface area contributed by atoms with Gasteiger partial charge in [0.25, 0.3) is 0 Å². The quantitative estimate of drug-likeness (QED) is 0.437. The maximum atomic E-state index is 11.5. The van der Waals surface area contributed by atoms with Crippen molar-refractivity contribution in [2.24, 2.45) is 0 Å². The van der Waals surface area contributed by atoms with E-state index in [4.69, 9.17) is 16.3 Å². The molecule has 15 heavy (non-hydrogen) atoms. The van der Waals surface area contributed by atoms with Crippen molar-refractivity contribution in [2.75, 3.05) is 0 Å². The molecule has 0 amide bonds. The molecule has 1 atom stereocenters. The molecule has 0 saturated heterocycles. The molecule has 1 aromatic rings. The zero-order valence-electron chi connectivity index (χ0n) is 8.78. The number of rotatable bonds is 5. The zero-order chi connectivity index (χ0) is 11.1. The highest BCUT2D eigenvalue weighted by Gasteiger charge is 2.16. The Morgan fingerprint density at radius 3 is 2.67 bits per heavy atom. The average Bonchev–Trinajstić information content (AvgIpc) is 2.27. The minimum absolute atomic E-state index is 0.365. The third kappa shape index (κ3) is 4.34. The molecular formula is C12H15ClO2. The number of halogens is 1. The molecule has 0 bridgehead atoms. The first-order chi connectivity index (χ1) is 7.24. The molecule has 82 valence electrons. The second kappa shape index (κ2) is 6.46. The van der Waals surface area contributed by atoms with Gasteiger partial charge in [-0.2, -0.15) is 0 Å². The minimum Gasteiger partial charge on any atom is -0.425 e. The van der Waals surface area contributed by atoms with E-state index in [0.717, 1.165) is 12.8 Å². The third-order valence-electron chi connectivity index (χ3n) is 2.03. The summed E-state index contributed by atoms with van der Waals surface area (Å²) >= 11 is 5.89. The highest BCUT2D eigenvalue weighted by molar-refractivity contribution is 6.30. The summed E-state index contributed by atoms with van der Waals surface area (Å²) in [5.74, 6) is 0.181. The molecule has 0 saturated carbocycles. The molecular weight excluding hydrogens is 212 g/mol. The standard InChI is InChI=1S/C12H15ClO2/c1-2-3-9-11(13)12(14)15-10-7-5-4-6-8-10/h4-8,11H,2-3,9H2,1H3/t11-/m0/s1. The molecule has 0 unspecified atom stereocenters. The maximum Gasteiger partial charge on any atom is 0.329 e. The summed E-state index contributed by atoms with van der Waals surface area (Å²) in [7, 11) is 0. The smallest absolute Gasteiger partial charge is 0.329 e. The summed E-state index contributed by atoms with van der Waals surface area (Å²) in [6.07, 6.45) is 2.64. The Balaban J connectivity index is 2.42. The van der Waals surface area contributed by atoms with E-state index in [1.54, 1.807) is 12.1 Å². The number of hydrogen-bond donors (Lipinski definition) is 0. The Kier molecular flexibility index (Phi) is 5.19. The molecule has 0 fully saturated rings. The molecule has 1 rings (SSSR count). The van der Waals surface area contributed by atoms with Crippen LogP contribution >= 0.6 is 11.6 Å². The van der Waals surface area contributed by atoms with Crippen LogP contribution in [0.2, 0.25) is 0 Å². The molecule has 3 heteroatoms. The van der Waals surface area contributed by atoms with Crippen LogP contribution in [-0.2, 0) is 4.79 Å². The normalized spacial score (nSPS) is 12.1. The van der Waals surface area contributed by atoms with Crippen molar-refractivity contribution in [2.45, 2.75) is 31.6 Å². The van der Waals surface area contributed by atoms with E-state index in [-0.39, 0.29) is 5.97 Å². The topological polar surface area (TPSA) is 26.3 Å². The molecule has 0 spiro atoms. The number of para-hydroxylation sites is 1. The molecule has 0 heterocycles. The van der Waals surface area contributed by atoms with E-state index in [1.807, 2.05) is 18.2 Å². The number of alkyl halides is 1. The number of unbranched alkanes of at least 4 members (excludes halogenated alkanes) is 1. The van der Waals surface area contributed by atoms with Gasteiger partial charge in [0.1, 0.15) is 11.1 Å². The van der Waals surface area contributed by atoms with Gasteiger partial charge < -0.3 is 4.74 Å². The van der Waals surface area contributed by atoms with Crippen LogP contribution in [0.5, 0.6) is 5.75 Å². The summed E-state index contributed by atoms with van der Waals surface area (Å²) < 4.78 is 5.10. The Labute approximate surface area is 95.2 Å². The molecule has 2 nitrogen and oxygen atoms in total. The number of hydrogen-bond acceptors (Lipinski definition) is 2. The van der Waals surface area contributed by atoms with Crippen LogP contribution in [0.3, 0.4) is 0 Å². The number of benzene rings is 1. The van der Waals surface area contributed by atoms with Crippen molar-refractivity contribution in [3.8, 4) is 5.75 Å². The lowest BCUT2D eigenvalue weighted by Gasteiger charge is -2.08. The fourth-order valence-corrected chi connectivity index (χ4v) is 1.37. The van der Waals surface area contributed by atoms with Crippen molar-refractivity contribution in [3.63, 3.8) is 0 Å². The molecule has 0 N–H and O–H groups in total. The van der Waals surface area contributed by atoms with E-state index < -0.39 is 5.38 Å². The highest BCUT2D eigenvalue weighted by atomic mass is 35.5. The summed E-state index contributed by atoms with van der Waals surface area (Å²) in [5.41, 5.74) is 0. The predicted octanol–water partition coefficient (Wildman–Crippen LogP) is 3.39. The van der Waals surface area contributed by atoms with Crippen molar-refractivity contribution in [3.05, 3.63) is 30.3 Å². The fourth-order valence-electron chi connectivity index (χ4n) is 1.17. The van der Waals surface area contributed by atoms with Gasteiger partial charge in [-0.3, -0.25) is 4.79 Å². The van der Waals surface area contributed by atoms with E-state index in [1.165, 1.54) is 0 Å². The van der Waals surface area contributed by atoms with Crippen LogP contribution in [0.4, 0.5) is 0 Å². The first-order valence-electron chi connectivity index (χ1n) is 5.15. The molecule has 0 aliphatic rings. The second-order valence-corrected chi connectivity index (χ2v) is 3.87. The van der Waals surface area contributed by atoms with Gasteiger partial charge in [-0.05, 0) is 18.6 Å². The Morgan fingerprint density at radius 1 is 1.40 bits per heavy atom. The van der Waals surface area contributed by atoms with Gasteiger partial charge in [-0.1, -0.05) is 38.0 Å². The summed E-state index contributed by atoms with van der Waals surface area (Å²) in [6.45, 7) is 2.06. The average molecular weight is 227 g/mol. The molecule has 1 aromatic carbocycles. The van der Waals surface area contributed by atoms with E-state index >= 15 is 0 Å². The molecule has 0 aromatic heterocycles. The van der Waals surface area contributed by atoms with Gasteiger partial charge in [-0.25, -0.2) is 0 Å². The minimum atomic E-state index is -0.537. The lowest BCUT2D eigenvalue weighted by atomic mass is 10.2. The SMILES string of the molecule is CCCC[C@H](Cl)C(=O)Oc1ccccc1. The van der Waals surface area contributed by atoms with Gasteiger partial charge in [0.2, 0.25) is 0 Å².